The molecule has 118 valence electrons. The van der Waals surface area contributed by atoms with Gasteiger partial charge in [-0.05, 0) is 52.0 Å². The summed E-state index contributed by atoms with van der Waals surface area (Å²) in [6.45, 7) is 9.08. The highest BCUT2D eigenvalue weighted by Crippen LogP contribution is 2.34. The second kappa shape index (κ2) is 6.36. The number of sulfonamides is 1. The van der Waals surface area contributed by atoms with Crippen molar-refractivity contribution < 1.29 is 8.42 Å². The molecule has 1 aliphatic heterocycles. The molecule has 0 bridgehead atoms. The SMILES string of the molecule is CCNCc1ccc(S(=O)(=O)N2CCC(C)(C)C2)c(Br)c1. The number of nitrogens with zero attached hydrogens (tertiary/aromatic N) is 1. The summed E-state index contributed by atoms with van der Waals surface area (Å²) >= 11 is 3.42. The normalized spacial score (nSPS) is 19.0. The van der Waals surface area contributed by atoms with E-state index in [1.807, 2.05) is 19.1 Å². The molecule has 2 rings (SSSR count). The third-order valence-corrected chi connectivity index (χ3v) is 6.66. The van der Waals surface area contributed by atoms with Crippen LogP contribution in [-0.2, 0) is 16.6 Å². The van der Waals surface area contributed by atoms with Crippen LogP contribution in [-0.4, -0.2) is 32.4 Å². The van der Waals surface area contributed by atoms with Crippen molar-refractivity contribution in [2.75, 3.05) is 19.6 Å². The maximum Gasteiger partial charge on any atom is 0.244 e. The number of rotatable bonds is 5. The van der Waals surface area contributed by atoms with Crippen LogP contribution >= 0.6 is 15.9 Å². The van der Waals surface area contributed by atoms with E-state index in [0.717, 1.165) is 25.1 Å². The van der Waals surface area contributed by atoms with E-state index in [0.29, 0.717) is 22.5 Å². The molecule has 21 heavy (non-hydrogen) atoms. The number of benzene rings is 1. The molecule has 0 spiro atoms. The molecule has 0 saturated carbocycles. The van der Waals surface area contributed by atoms with Gasteiger partial charge in [-0.3, -0.25) is 0 Å². The highest BCUT2D eigenvalue weighted by atomic mass is 79.9. The minimum atomic E-state index is -3.41. The largest absolute Gasteiger partial charge is 0.313 e. The summed E-state index contributed by atoms with van der Waals surface area (Å²) in [6.07, 6.45) is 0.905. The Morgan fingerprint density at radius 1 is 1.38 bits per heavy atom. The molecule has 0 atom stereocenters. The second-order valence-corrected chi connectivity index (χ2v) is 9.06. The fourth-order valence-electron chi connectivity index (χ4n) is 2.54. The Balaban J connectivity index is 2.25. The summed E-state index contributed by atoms with van der Waals surface area (Å²) in [4.78, 5) is 0.362. The van der Waals surface area contributed by atoms with Gasteiger partial charge in [-0.2, -0.15) is 4.31 Å². The van der Waals surface area contributed by atoms with E-state index in [1.54, 1.807) is 10.4 Å². The van der Waals surface area contributed by atoms with Crippen LogP contribution in [0.2, 0.25) is 0 Å². The summed E-state index contributed by atoms with van der Waals surface area (Å²) in [5.41, 5.74) is 1.13. The first-order valence-corrected chi connectivity index (χ1v) is 9.49. The maximum absolute atomic E-state index is 12.7. The van der Waals surface area contributed by atoms with Crippen molar-refractivity contribution in [2.24, 2.45) is 5.41 Å². The fraction of sp³-hybridized carbons (Fsp3) is 0.600. The number of halogens is 1. The van der Waals surface area contributed by atoms with Gasteiger partial charge in [-0.1, -0.05) is 26.8 Å². The summed E-state index contributed by atoms with van der Waals surface area (Å²) in [7, 11) is -3.41. The number of hydrogen-bond acceptors (Lipinski definition) is 3. The van der Waals surface area contributed by atoms with Gasteiger partial charge in [0, 0.05) is 24.1 Å². The van der Waals surface area contributed by atoms with Gasteiger partial charge in [-0.15, -0.1) is 0 Å². The Labute approximate surface area is 136 Å². The van der Waals surface area contributed by atoms with Crippen LogP contribution in [0.4, 0.5) is 0 Å². The summed E-state index contributed by atoms with van der Waals surface area (Å²) in [5, 5.41) is 3.24. The molecular weight excluding hydrogens is 352 g/mol. The molecule has 1 saturated heterocycles. The monoisotopic (exact) mass is 374 g/mol. The van der Waals surface area contributed by atoms with Gasteiger partial charge >= 0.3 is 0 Å². The molecular formula is C15H23BrN2O2S. The first-order valence-electron chi connectivity index (χ1n) is 7.25. The van der Waals surface area contributed by atoms with Gasteiger partial charge in [-0.25, -0.2) is 8.42 Å². The van der Waals surface area contributed by atoms with Crippen molar-refractivity contribution in [3.05, 3.63) is 28.2 Å². The second-order valence-electron chi connectivity index (χ2n) is 6.30. The van der Waals surface area contributed by atoms with Gasteiger partial charge in [0.2, 0.25) is 10.0 Å². The topological polar surface area (TPSA) is 49.4 Å². The molecule has 1 fully saturated rings. The van der Waals surface area contributed by atoms with Gasteiger partial charge in [0.25, 0.3) is 0 Å². The molecule has 6 heteroatoms. The molecule has 0 unspecified atom stereocenters. The molecule has 0 aromatic heterocycles. The third-order valence-electron chi connectivity index (χ3n) is 3.84. The van der Waals surface area contributed by atoms with E-state index in [4.69, 9.17) is 0 Å². The van der Waals surface area contributed by atoms with Crippen LogP contribution in [0.3, 0.4) is 0 Å². The lowest BCUT2D eigenvalue weighted by Crippen LogP contribution is -2.30. The lowest BCUT2D eigenvalue weighted by atomic mass is 9.93. The Kier molecular flexibility index (Phi) is 5.13. The van der Waals surface area contributed by atoms with Crippen LogP contribution in [0.1, 0.15) is 32.8 Å². The average molecular weight is 375 g/mol. The minimum Gasteiger partial charge on any atom is -0.313 e. The van der Waals surface area contributed by atoms with Crippen molar-refractivity contribution >= 4 is 26.0 Å². The van der Waals surface area contributed by atoms with Crippen molar-refractivity contribution in [3.8, 4) is 0 Å². The van der Waals surface area contributed by atoms with E-state index < -0.39 is 10.0 Å². The van der Waals surface area contributed by atoms with E-state index in [1.165, 1.54) is 0 Å². The van der Waals surface area contributed by atoms with E-state index in [-0.39, 0.29) is 5.41 Å². The molecule has 0 amide bonds. The van der Waals surface area contributed by atoms with Gasteiger partial charge in [0.1, 0.15) is 0 Å². The molecule has 4 nitrogen and oxygen atoms in total. The Hall–Kier alpha value is -0.430. The van der Waals surface area contributed by atoms with Crippen molar-refractivity contribution in [1.82, 2.24) is 9.62 Å². The summed E-state index contributed by atoms with van der Waals surface area (Å²) in [6, 6.07) is 5.47. The Morgan fingerprint density at radius 3 is 2.62 bits per heavy atom. The van der Waals surface area contributed by atoms with Crippen LogP contribution in [0, 0.1) is 5.41 Å². The quantitative estimate of drug-likeness (QED) is 0.861. The van der Waals surface area contributed by atoms with Crippen LogP contribution < -0.4 is 5.32 Å². The zero-order valence-electron chi connectivity index (χ0n) is 12.8. The van der Waals surface area contributed by atoms with Crippen LogP contribution in [0.15, 0.2) is 27.6 Å². The van der Waals surface area contributed by atoms with E-state index in [2.05, 4.69) is 35.1 Å². The zero-order valence-corrected chi connectivity index (χ0v) is 15.2. The number of hydrogen-bond donors (Lipinski definition) is 1. The smallest absolute Gasteiger partial charge is 0.244 e. The summed E-state index contributed by atoms with van der Waals surface area (Å²) in [5.74, 6) is 0. The first-order chi connectivity index (χ1) is 9.76. The molecule has 0 radical (unpaired) electrons. The van der Waals surface area contributed by atoms with Crippen molar-refractivity contribution in [3.63, 3.8) is 0 Å². The highest BCUT2D eigenvalue weighted by Gasteiger charge is 2.37. The summed E-state index contributed by atoms with van der Waals surface area (Å²) < 4.78 is 27.7. The molecule has 1 N–H and O–H groups in total. The molecule has 0 aliphatic carbocycles. The number of nitrogens with one attached hydrogen (secondary N) is 1. The fourth-order valence-corrected chi connectivity index (χ4v) is 5.25. The predicted octanol–water partition coefficient (Wildman–Crippen LogP) is 2.98. The third kappa shape index (κ3) is 3.86. The molecule has 1 aromatic carbocycles. The van der Waals surface area contributed by atoms with Crippen molar-refractivity contribution in [2.45, 2.75) is 38.6 Å². The maximum atomic E-state index is 12.7. The average Bonchev–Trinajstić information content (AvgIpc) is 2.77. The lowest BCUT2D eigenvalue weighted by molar-refractivity contribution is 0.375. The van der Waals surface area contributed by atoms with E-state index in [9.17, 15) is 8.42 Å². The molecule has 1 aromatic rings. The Bertz CT molecular complexity index is 614. The molecule has 1 heterocycles. The predicted molar refractivity (Wildman–Crippen MR) is 88.7 cm³/mol. The van der Waals surface area contributed by atoms with Crippen LogP contribution in [0.5, 0.6) is 0 Å². The highest BCUT2D eigenvalue weighted by molar-refractivity contribution is 9.10. The first kappa shape index (κ1) is 16.9. The van der Waals surface area contributed by atoms with Crippen molar-refractivity contribution in [1.29, 1.82) is 0 Å². The minimum absolute atomic E-state index is 0.0601. The lowest BCUT2D eigenvalue weighted by Gasteiger charge is -2.20. The standard InChI is InChI=1S/C15H23BrN2O2S/c1-4-17-10-12-5-6-14(13(16)9-12)21(19,20)18-8-7-15(2,3)11-18/h5-6,9,17H,4,7-8,10-11H2,1-3H3. The Morgan fingerprint density at radius 2 is 2.10 bits per heavy atom. The van der Waals surface area contributed by atoms with Gasteiger partial charge in [0.05, 0.1) is 4.90 Å². The van der Waals surface area contributed by atoms with Gasteiger partial charge in [0.15, 0.2) is 0 Å². The zero-order chi connectivity index (χ0) is 15.7. The molecule has 1 aliphatic rings. The van der Waals surface area contributed by atoms with Gasteiger partial charge < -0.3 is 5.32 Å². The van der Waals surface area contributed by atoms with E-state index >= 15 is 0 Å². The van der Waals surface area contributed by atoms with Crippen LogP contribution in [0.25, 0.3) is 0 Å².